The molecule has 0 aromatic heterocycles. The van der Waals surface area contributed by atoms with E-state index < -0.39 is 5.41 Å². The van der Waals surface area contributed by atoms with Gasteiger partial charge in [-0.3, -0.25) is 4.79 Å². The van der Waals surface area contributed by atoms with Crippen molar-refractivity contribution in [2.24, 2.45) is 17.1 Å². The average Bonchev–Trinajstić information content (AvgIpc) is 2.22. The maximum atomic E-state index is 12.4. The van der Waals surface area contributed by atoms with Crippen LogP contribution in [0.5, 0.6) is 0 Å². The minimum Gasteiger partial charge on any atom is -0.392 e. The van der Waals surface area contributed by atoms with Gasteiger partial charge in [-0.05, 0) is 55.9 Å². The molecule has 0 saturated heterocycles. The van der Waals surface area contributed by atoms with Crippen LogP contribution < -0.4 is 11.1 Å². The predicted molar refractivity (Wildman–Crippen MR) is 82.2 cm³/mol. The summed E-state index contributed by atoms with van der Waals surface area (Å²) in [6.45, 7) is 6.13. The van der Waals surface area contributed by atoms with Crippen molar-refractivity contribution in [3.05, 3.63) is 29.3 Å². The zero-order valence-corrected chi connectivity index (χ0v) is 12.4. The van der Waals surface area contributed by atoms with Crippen LogP contribution in [-0.4, -0.2) is 10.9 Å². The van der Waals surface area contributed by atoms with Crippen LogP contribution in [0.1, 0.15) is 30.9 Å². The molecule has 1 saturated carbocycles. The number of carbonyl (C=O) groups is 1. The first-order valence-corrected chi connectivity index (χ1v) is 6.94. The van der Waals surface area contributed by atoms with Gasteiger partial charge in [0.1, 0.15) is 0 Å². The molecule has 1 aliphatic carbocycles. The Hall–Kier alpha value is -1.42. The van der Waals surface area contributed by atoms with E-state index in [-0.39, 0.29) is 5.91 Å². The maximum Gasteiger partial charge on any atom is 0.237 e. The summed E-state index contributed by atoms with van der Waals surface area (Å²) in [4.78, 5) is 12.8. The number of nitrogens with two attached hydrogens (primary N) is 1. The fraction of sp³-hybridized carbons (Fsp3) is 0.467. The van der Waals surface area contributed by atoms with Crippen molar-refractivity contribution >= 4 is 28.8 Å². The molecule has 1 aromatic carbocycles. The van der Waals surface area contributed by atoms with E-state index in [9.17, 15) is 4.79 Å². The number of hydrogen-bond acceptors (Lipinski definition) is 2. The summed E-state index contributed by atoms with van der Waals surface area (Å²) < 4.78 is 0. The SMILES string of the molecule is Cc1cc(C)cc(NC(=O)C2(C(N)=S)CC(C)C2)c1. The molecule has 0 atom stereocenters. The summed E-state index contributed by atoms with van der Waals surface area (Å²) in [6, 6.07) is 5.99. The lowest BCUT2D eigenvalue weighted by Gasteiger charge is -2.44. The number of amides is 1. The van der Waals surface area contributed by atoms with E-state index in [2.05, 4.69) is 18.3 Å². The highest BCUT2D eigenvalue weighted by Crippen LogP contribution is 2.46. The van der Waals surface area contributed by atoms with Crippen LogP contribution in [0.25, 0.3) is 0 Å². The van der Waals surface area contributed by atoms with E-state index in [1.165, 1.54) is 0 Å². The molecule has 0 unspecified atom stereocenters. The lowest BCUT2D eigenvalue weighted by Crippen LogP contribution is -2.53. The van der Waals surface area contributed by atoms with Crippen molar-refractivity contribution in [3.63, 3.8) is 0 Å². The minimum atomic E-state index is -0.646. The number of thiocarbonyl (C=S) groups is 1. The Morgan fingerprint density at radius 3 is 2.26 bits per heavy atom. The summed E-state index contributed by atoms with van der Waals surface area (Å²) in [5, 5.41) is 2.96. The first-order valence-electron chi connectivity index (χ1n) is 6.53. The Bertz CT molecular complexity index is 513. The topological polar surface area (TPSA) is 55.1 Å². The van der Waals surface area contributed by atoms with Crippen LogP contribution in [0.3, 0.4) is 0 Å². The van der Waals surface area contributed by atoms with Crippen LogP contribution in [0.2, 0.25) is 0 Å². The molecular formula is C15H20N2OS. The summed E-state index contributed by atoms with van der Waals surface area (Å²) in [7, 11) is 0. The molecule has 0 aliphatic heterocycles. The third-order valence-electron chi connectivity index (χ3n) is 3.78. The molecule has 1 fully saturated rings. The van der Waals surface area contributed by atoms with Gasteiger partial charge < -0.3 is 11.1 Å². The predicted octanol–water partition coefficient (Wildman–Crippen LogP) is 2.94. The molecule has 0 spiro atoms. The van der Waals surface area contributed by atoms with Gasteiger partial charge in [0.25, 0.3) is 0 Å². The van der Waals surface area contributed by atoms with Crippen molar-refractivity contribution in [1.82, 2.24) is 0 Å². The Morgan fingerprint density at radius 2 is 1.84 bits per heavy atom. The lowest BCUT2D eigenvalue weighted by molar-refractivity contribution is -0.127. The van der Waals surface area contributed by atoms with Gasteiger partial charge in [0, 0.05) is 5.69 Å². The van der Waals surface area contributed by atoms with Crippen molar-refractivity contribution < 1.29 is 4.79 Å². The summed E-state index contributed by atoms with van der Waals surface area (Å²) in [6.07, 6.45) is 1.50. The number of carbonyl (C=O) groups excluding carboxylic acids is 1. The molecule has 0 bridgehead atoms. The third-order valence-corrected chi connectivity index (χ3v) is 4.17. The summed E-state index contributed by atoms with van der Waals surface area (Å²) >= 11 is 5.09. The molecule has 3 nitrogen and oxygen atoms in total. The Kier molecular flexibility index (Phi) is 3.63. The van der Waals surface area contributed by atoms with Gasteiger partial charge in [0.15, 0.2) is 0 Å². The van der Waals surface area contributed by atoms with Crippen LogP contribution in [-0.2, 0) is 4.79 Å². The minimum absolute atomic E-state index is 0.0666. The quantitative estimate of drug-likeness (QED) is 0.835. The van der Waals surface area contributed by atoms with E-state index in [0.29, 0.717) is 10.9 Å². The number of anilines is 1. The Balaban J connectivity index is 2.18. The Morgan fingerprint density at radius 1 is 1.32 bits per heavy atom. The second-order valence-electron chi connectivity index (χ2n) is 5.79. The van der Waals surface area contributed by atoms with Gasteiger partial charge in [0.05, 0.1) is 10.4 Å². The fourth-order valence-electron chi connectivity index (χ4n) is 2.93. The lowest BCUT2D eigenvalue weighted by atomic mass is 9.62. The average molecular weight is 276 g/mol. The molecular weight excluding hydrogens is 256 g/mol. The van der Waals surface area contributed by atoms with Crippen LogP contribution >= 0.6 is 12.2 Å². The van der Waals surface area contributed by atoms with E-state index in [0.717, 1.165) is 29.7 Å². The van der Waals surface area contributed by atoms with Gasteiger partial charge in [-0.2, -0.15) is 0 Å². The van der Waals surface area contributed by atoms with E-state index in [1.54, 1.807) is 0 Å². The standard InChI is InChI=1S/C15H20N2OS/c1-9-4-10(2)6-12(5-9)17-14(18)15(13(16)19)7-11(3)8-15/h4-6,11H,7-8H2,1-3H3,(H2,16,19)(H,17,18). The zero-order valence-electron chi connectivity index (χ0n) is 11.6. The van der Waals surface area contributed by atoms with Gasteiger partial charge in [-0.25, -0.2) is 0 Å². The summed E-state index contributed by atoms with van der Waals surface area (Å²) in [5.74, 6) is 0.439. The normalized spacial score (nSPS) is 25.5. The highest BCUT2D eigenvalue weighted by atomic mass is 32.1. The molecule has 4 heteroatoms. The molecule has 3 N–H and O–H groups in total. The van der Waals surface area contributed by atoms with Crippen LogP contribution in [0.4, 0.5) is 5.69 Å². The van der Waals surface area contributed by atoms with Crippen molar-refractivity contribution in [1.29, 1.82) is 0 Å². The Labute approximate surface area is 119 Å². The highest BCUT2D eigenvalue weighted by Gasteiger charge is 2.50. The molecule has 0 heterocycles. The fourth-order valence-corrected chi connectivity index (χ4v) is 3.19. The van der Waals surface area contributed by atoms with E-state index in [4.69, 9.17) is 18.0 Å². The van der Waals surface area contributed by atoms with E-state index in [1.807, 2.05) is 26.0 Å². The van der Waals surface area contributed by atoms with Gasteiger partial charge in [-0.15, -0.1) is 0 Å². The second-order valence-corrected chi connectivity index (χ2v) is 6.23. The second kappa shape index (κ2) is 4.93. The molecule has 1 aliphatic rings. The van der Waals surface area contributed by atoms with Crippen LogP contribution in [0, 0.1) is 25.2 Å². The first kappa shape index (κ1) is 14.0. The highest BCUT2D eigenvalue weighted by molar-refractivity contribution is 7.80. The molecule has 0 radical (unpaired) electrons. The molecule has 102 valence electrons. The monoisotopic (exact) mass is 276 g/mol. The first-order chi connectivity index (χ1) is 8.83. The van der Waals surface area contributed by atoms with Crippen molar-refractivity contribution in [2.45, 2.75) is 33.6 Å². The number of nitrogens with one attached hydrogen (secondary N) is 1. The molecule has 2 rings (SSSR count). The maximum absolute atomic E-state index is 12.4. The van der Waals surface area contributed by atoms with Gasteiger partial charge in [-0.1, -0.05) is 25.2 Å². The van der Waals surface area contributed by atoms with Crippen molar-refractivity contribution in [3.8, 4) is 0 Å². The number of benzene rings is 1. The largest absolute Gasteiger partial charge is 0.392 e. The smallest absolute Gasteiger partial charge is 0.237 e. The van der Waals surface area contributed by atoms with Crippen LogP contribution in [0.15, 0.2) is 18.2 Å². The van der Waals surface area contributed by atoms with Gasteiger partial charge >= 0.3 is 0 Å². The molecule has 1 amide bonds. The molecule has 19 heavy (non-hydrogen) atoms. The number of aryl methyl sites for hydroxylation is 2. The number of hydrogen-bond donors (Lipinski definition) is 2. The number of rotatable bonds is 3. The van der Waals surface area contributed by atoms with Crippen molar-refractivity contribution in [2.75, 3.05) is 5.32 Å². The van der Waals surface area contributed by atoms with Gasteiger partial charge in [0.2, 0.25) is 5.91 Å². The molecule has 1 aromatic rings. The van der Waals surface area contributed by atoms with E-state index >= 15 is 0 Å². The summed E-state index contributed by atoms with van der Waals surface area (Å²) in [5.41, 5.74) is 8.20. The zero-order chi connectivity index (χ0) is 14.2. The third kappa shape index (κ3) is 2.63.